The molecule has 3 nitrogen and oxygen atoms in total. The first-order valence-corrected chi connectivity index (χ1v) is 6.81. The Morgan fingerprint density at radius 3 is 2.00 bits per heavy atom. The summed E-state index contributed by atoms with van der Waals surface area (Å²) in [6.07, 6.45) is 2.16. The molecule has 0 aromatic carbocycles. The molecule has 1 saturated carbocycles. The number of amides is 1. The van der Waals surface area contributed by atoms with Crippen molar-refractivity contribution >= 4 is 5.91 Å². The summed E-state index contributed by atoms with van der Waals surface area (Å²) < 4.78 is 0. The van der Waals surface area contributed by atoms with E-state index in [1.54, 1.807) is 0 Å². The van der Waals surface area contributed by atoms with Gasteiger partial charge in [-0.05, 0) is 36.1 Å². The quantitative estimate of drug-likeness (QED) is 0.798. The van der Waals surface area contributed by atoms with Crippen molar-refractivity contribution in [1.82, 2.24) is 4.90 Å². The lowest BCUT2D eigenvalue weighted by Gasteiger charge is -2.32. The minimum atomic E-state index is 0.162. The smallest absolute Gasteiger partial charge is 0.226 e. The van der Waals surface area contributed by atoms with Crippen LogP contribution in [0.4, 0.5) is 0 Å². The van der Waals surface area contributed by atoms with Crippen LogP contribution in [0.15, 0.2) is 0 Å². The Bertz CT molecular complexity index is 300. The summed E-state index contributed by atoms with van der Waals surface area (Å²) in [5.74, 6) is 1.21. The molecule has 17 heavy (non-hydrogen) atoms. The van der Waals surface area contributed by atoms with Crippen LogP contribution >= 0.6 is 0 Å². The van der Waals surface area contributed by atoms with Crippen LogP contribution in [0.5, 0.6) is 0 Å². The largest absolute Gasteiger partial charge is 0.342 e. The van der Waals surface area contributed by atoms with Crippen LogP contribution in [-0.2, 0) is 4.79 Å². The molecular weight excluding hydrogens is 212 g/mol. The minimum absolute atomic E-state index is 0.162. The predicted octanol–water partition coefficient (Wildman–Crippen LogP) is 1.87. The molecule has 1 heterocycles. The van der Waals surface area contributed by atoms with Crippen molar-refractivity contribution in [3.8, 4) is 0 Å². The molecular formula is C14H26N2O. The van der Waals surface area contributed by atoms with Gasteiger partial charge in [-0.25, -0.2) is 0 Å². The summed E-state index contributed by atoms with van der Waals surface area (Å²) >= 11 is 0. The molecule has 2 aliphatic rings. The van der Waals surface area contributed by atoms with Crippen LogP contribution < -0.4 is 5.73 Å². The molecule has 0 unspecified atom stereocenters. The van der Waals surface area contributed by atoms with E-state index in [1.807, 2.05) is 0 Å². The standard InChI is InChI=1S/C14H26N2O/c1-13(2)11(14(13,3)4)12(17)16-7-5-10(9-15)6-8-16/h10-11H,5-9,15H2,1-4H3. The third-order valence-electron chi connectivity index (χ3n) is 5.53. The zero-order valence-electron chi connectivity index (χ0n) is 11.6. The number of hydrogen-bond donors (Lipinski definition) is 1. The van der Waals surface area contributed by atoms with E-state index in [0.717, 1.165) is 32.5 Å². The Balaban J connectivity index is 1.95. The molecule has 1 aliphatic carbocycles. The highest BCUT2D eigenvalue weighted by Crippen LogP contribution is 2.68. The van der Waals surface area contributed by atoms with Gasteiger partial charge in [-0.2, -0.15) is 0 Å². The third kappa shape index (κ3) is 1.88. The van der Waals surface area contributed by atoms with E-state index in [9.17, 15) is 4.79 Å². The van der Waals surface area contributed by atoms with Crippen LogP contribution in [0.3, 0.4) is 0 Å². The topological polar surface area (TPSA) is 46.3 Å². The van der Waals surface area contributed by atoms with Gasteiger partial charge in [0.15, 0.2) is 0 Å². The average Bonchev–Trinajstić information content (AvgIpc) is 2.69. The summed E-state index contributed by atoms with van der Waals surface area (Å²) in [6, 6.07) is 0. The highest BCUT2D eigenvalue weighted by molar-refractivity contribution is 5.84. The zero-order chi connectivity index (χ0) is 12.8. The number of hydrogen-bond acceptors (Lipinski definition) is 2. The average molecular weight is 238 g/mol. The maximum absolute atomic E-state index is 12.5. The van der Waals surface area contributed by atoms with Crippen molar-refractivity contribution in [2.45, 2.75) is 40.5 Å². The summed E-state index contributed by atoms with van der Waals surface area (Å²) in [7, 11) is 0. The molecule has 1 amide bonds. The second-order valence-corrected chi connectivity index (χ2v) is 6.88. The van der Waals surface area contributed by atoms with Gasteiger partial charge in [-0.15, -0.1) is 0 Å². The second kappa shape index (κ2) is 3.98. The number of piperidine rings is 1. The zero-order valence-corrected chi connectivity index (χ0v) is 11.6. The van der Waals surface area contributed by atoms with Gasteiger partial charge >= 0.3 is 0 Å². The van der Waals surface area contributed by atoms with Gasteiger partial charge in [-0.1, -0.05) is 27.7 Å². The van der Waals surface area contributed by atoms with Gasteiger partial charge < -0.3 is 10.6 Å². The van der Waals surface area contributed by atoms with Gasteiger partial charge in [0.2, 0.25) is 5.91 Å². The Hall–Kier alpha value is -0.570. The first-order chi connectivity index (χ1) is 7.82. The summed E-state index contributed by atoms with van der Waals surface area (Å²) in [6.45, 7) is 11.4. The molecule has 0 spiro atoms. The molecule has 2 N–H and O–H groups in total. The van der Waals surface area contributed by atoms with Crippen LogP contribution in [-0.4, -0.2) is 30.4 Å². The lowest BCUT2D eigenvalue weighted by molar-refractivity contribution is -0.135. The Morgan fingerprint density at radius 1 is 1.18 bits per heavy atom. The fourth-order valence-electron chi connectivity index (χ4n) is 3.39. The minimum Gasteiger partial charge on any atom is -0.342 e. The molecule has 0 aromatic heterocycles. The normalized spacial score (nSPS) is 28.2. The Morgan fingerprint density at radius 2 is 1.65 bits per heavy atom. The Kier molecular flexibility index (Phi) is 3.01. The molecule has 1 saturated heterocycles. The van der Waals surface area contributed by atoms with Crippen LogP contribution in [0.25, 0.3) is 0 Å². The first kappa shape index (κ1) is 12.9. The number of carbonyl (C=O) groups excluding carboxylic acids is 1. The lowest BCUT2D eigenvalue weighted by Crippen LogP contribution is -2.41. The Labute approximate surface area is 105 Å². The number of carbonyl (C=O) groups is 1. The summed E-state index contributed by atoms with van der Waals surface area (Å²) in [5, 5.41) is 0. The van der Waals surface area contributed by atoms with E-state index in [1.165, 1.54) is 0 Å². The van der Waals surface area contributed by atoms with Gasteiger partial charge in [0, 0.05) is 19.0 Å². The van der Waals surface area contributed by atoms with E-state index >= 15 is 0 Å². The number of rotatable bonds is 2. The van der Waals surface area contributed by atoms with E-state index in [4.69, 9.17) is 5.73 Å². The summed E-state index contributed by atoms with van der Waals surface area (Å²) in [5.41, 5.74) is 6.00. The molecule has 98 valence electrons. The van der Waals surface area contributed by atoms with Crippen molar-refractivity contribution in [2.24, 2.45) is 28.4 Å². The summed E-state index contributed by atoms with van der Waals surface area (Å²) in [4.78, 5) is 14.5. The van der Waals surface area contributed by atoms with Crippen molar-refractivity contribution in [3.05, 3.63) is 0 Å². The van der Waals surface area contributed by atoms with Crippen molar-refractivity contribution in [2.75, 3.05) is 19.6 Å². The van der Waals surface area contributed by atoms with Gasteiger partial charge in [-0.3, -0.25) is 4.79 Å². The second-order valence-electron chi connectivity index (χ2n) is 6.88. The number of nitrogens with two attached hydrogens (primary N) is 1. The fourth-order valence-corrected chi connectivity index (χ4v) is 3.39. The van der Waals surface area contributed by atoms with Crippen molar-refractivity contribution in [1.29, 1.82) is 0 Å². The third-order valence-corrected chi connectivity index (χ3v) is 5.53. The van der Waals surface area contributed by atoms with Gasteiger partial charge in [0.25, 0.3) is 0 Å². The highest BCUT2D eigenvalue weighted by Gasteiger charge is 2.68. The van der Waals surface area contributed by atoms with Gasteiger partial charge in [0.05, 0.1) is 0 Å². The van der Waals surface area contributed by atoms with E-state index in [-0.39, 0.29) is 16.7 Å². The number of nitrogens with zero attached hydrogens (tertiary/aromatic N) is 1. The van der Waals surface area contributed by atoms with Crippen molar-refractivity contribution < 1.29 is 4.79 Å². The molecule has 1 aliphatic heterocycles. The highest BCUT2D eigenvalue weighted by atomic mass is 16.2. The monoisotopic (exact) mass is 238 g/mol. The van der Waals surface area contributed by atoms with Crippen LogP contribution in [0.1, 0.15) is 40.5 Å². The number of likely N-dealkylation sites (tertiary alicyclic amines) is 1. The fraction of sp³-hybridized carbons (Fsp3) is 0.929. The molecule has 2 rings (SSSR count). The SMILES string of the molecule is CC1(C)C(C(=O)N2CCC(CN)CC2)C1(C)C. The van der Waals surface area contributed by atoms with Crippen LogP contribution in [0.2, 0.25) is 0 Å². The van der Waals surface area contributed by atoms with E-state index < -0.39 is 0 Å². The van der Waals surface area contributed by atoms with Crippen molar-refractivity contribution in [3.63, 3.8) is 0 Å². The predicted molar refractivity (Wildman–Crippen MR) is 69.4 cm³/mol. The molecule has 0 aromatic rings. The molecule has 2 fully saturated rings. The van der Waals surface area contributed by atoms with Gasteiger partial charge in [0.1, 0.15) is 0 Å². The van der Waals surface area contributed by atoms with E-state index in [0.29, 0.717) is 11.8 Å². The first-order valence-electron chi connectivity index (χ1n) is 6.81. The lowest BCUT2D eigenvalue weighted by atomic mass is 9.96. The van der Waals surface area contributed by atoms with Crippen LogP contribution in [0, 0.1) is 22.7 Å². The maximum Gasteiger partial charge on any atom is 0.226 e. The van der Waals surface area contributed by atoms with E-state index in [2.05, 4.69) is 32.6 Å². The molecule has 0 bridgehead atoms. The maximum atomic E-state index is 12.5. The molecule has 0 atom stereocenters. The molecule has 0 radical (unpaired) electrons. The molecule has 3 heteroatoms.